The van der Waals surface area contributed by atoms with Crippen LogP contribution in [0.4, 0.5) is 4.39 Å². The molecule has 1 aliphatic carbocycles. The van der Waals surface area contributed by atoms with Crippen molar-refractivity contribution in [3.63, 3.8) is 0 Å². The zero-order chi connectivity index (χ0) is 26.9. The average molecular weight is 517 g/mol. The van der Waals surface area contributed by atoms with Gasteiger partial charge in [-0.15, -0.1) is 0 Å². The van der Waals surface area contributed by atoms with Crippen molar-refractivity contribution in [2.75, 3.05) is 6.61 Å². The van der Waals surface area contributed by atoms with Crippen LogP contribution in [0.3, 0.4) is 0 Å². The second kappa shape index (κ2) is 13.2. The zero-order valence-corrected chi connectivity index (χ0v) is 22.3. The van der Waals surface area contributed by atoms with Gasteiger partial charge in [0.05, 0.1) is 0 Å². The zero-order valence-electron chi connectivity index (χ0n) is 22.3. The summed E-state index contributed by atoms with van der Waals surface area (Å²) in [6.07, 6.45) is 5.64. The van der Waals surface area contributed by atoms with E-state index in [0.717, 1.165) is 47.9 Å². The lowest BCUT2D eigenvalue weighted by Crippen LogP contribution is -2.53. The summed E-state index contributed by atoms with van der Waals surface area (Å²) in [6, 6.07) is 21.0. The molecule has 0 radical (unpaired) electrons. The van der Waals surface area contributed by atoms with Gasteiger partial charge in [0.15, 0.2) is 6.61 Å². The van der Waals surface area contributed by atoms with Gasteiger partial charge in [0.25, 0.3) is 5.91 Å². The molecule has 0 aliphatic heterocycles. The SMILES string of the molecule is Cc1ccc(C)c(OCC(=O)N(Cc2ccc(F)cc2)C(Cc2ccccc2)C(=O)NC2CCCCC2)c1. The second-order valence-electron chi connectivity index (χ2n) is 10.3. The van der Waals surface area contributed by atoms with Crippen molar-refractivity contribution >= 4 is 11.8 Å². The number of benzene rings is 3. The van der Waals surface area contributed by atoms with Crippen molar-refractivity contribution in [2.24, 2.45) is 0 Å². The summed E-state index contributed by atoms with van der Waals surface area (Å²) in [6.45, 7) is 3.88. The highest BCUT2D eigenvalue weighted by atomic mass is 19.1. The van der Waals surface area contributed by atoms with Crippen molar-refractivity contribution in [2.45, 2.75) is 71.0 Å². The fourth-order valence-electron chi connectivity index (χ4n) is 4.97. The van der Waals surface area contributed by atoms with Crippen molar-refractivity contribution in [3.05, 3.63) is 101 Å². The summed E-state index contributed by atoms with van der Waals surface area (Å²) in [7, 11) is 0. The summed E-state index contributed by atoms with van der Waals surface area (Å²) in [4.78, 5) is 29.1. The molecule has 1 aliphatic rings. The van der Waals surface area contributed by atoms with E-state index >= 15 is 0 Å². The molecule has 5 nitrogen and oxygen atoms in total. The molecule has 0 aromatic heterocycles. The van der Waals surface area contributed by atoms with Crippen molar-refractivity contribution < 1.29 is 18.7 Å². The Labute approximate surface area is 225 Å². The monoisotopic (exact) mass is 516 g/mol. The molecule has 1 saturated carbocycles. The van der Waals surface area contributed by atoms with E-state index in [2.05, 4.69) is 5.32 Å². The highest BCUT2D eigenvalue weighted by Gasteiger charge is 2.32. The Hall–Kier alpha value is -3.67. The molecule has 1 unspecified atom stereocenters. The molecular weight excluding hydrogens is 479 g/mol. The Kier molecular flexibility index (Phi) is 9.52. The summed E-state index contributed by atoms with van der Waals surface area (Å²) >= 11 is 0. The topological polar surface area (TPSA) is 58.6 Å². The quantitative estimate of drug-likeness (QED) is 0.364. The molecule has 0 saturated heterocycles. The third kappa shape index (κ3) is 7.67. The van der Waals surface area contributed by atoms with Crippen molar-refractivity contribution in [1.29, 1.82) is 0 Å². The Balaban J connectivity index is 1.62. The standard InChI is InChI=1S/C32H37FN2O3/c1-23-13-14-24(2)30(19-23)38-22-31(36)35(21-26-15-17-27(33)18-16-26)29(20-25-9-5-3-6-10-25)32(37)34-28-11-7-4-8-12-28/h3,5-6,9-10,13-19,28-29H,4,7-8,11-12,20-22H2,1-2H3,(H,34,37). The number of ether oxygens (including phenoxy) is 1. The van der Waals surface area contributed by atoms with E-state index in [1.54, 1.807) is 17.0 Å². The molecule has 2 amide bonds. The van der Waals surface area contributed by atoms with Crippen LogP contribution in [0.25, 0.3) is 0 Å². The first-order valence-electron chi connectivity index (χ1n) is 13.5. The van der Waals surface area contributed by atoms with Crippen LogP contribution in [0.15, 0.2) is 72.8 Å². The molecule has 3 aromatic rings. The molecule has 0 bridgehead atoms. The van der Waals surface area contributed by atoms with Crippen LogP contribution < -0.4 is 10.1 Å². The summed E-state index contributed by atoms with van der Waals surface area (Å²) in [5, 5.41) is 3.23. The number of nitrogens with zero attached hydrogens (tertiary/aromatic N) is 1. The number of nitrogens with one attached hydrogen (secondary N) is 1. The highest BCUT2D eigenvalue weighted by Crippen LogP contribution is 2.22. The number of aryl methyl sites for hydroxylation is 2. The van der Waals surface area contributed by atoms with E-state index in [4.69, 9.17) is 4.74 Å². The number of halogens is 1. The molecule has 4 rings (SSSR count). The van der Waals surface area contributed by atoms with Gasteiger partial charge in [0.2, 0.25) is 5.91 Å². The lowest BCUT2D eigenvalue weighted by molar-refractivity contribution is -0.143. The predicted molar refractivity (Wildman–Crippen MR) is 147 cm³/mol. The van der Waals surface area contributed by atoms with E-state index < -0.39 is 6.04 Å². The molecule has 0 heterocycles. The van der Waals surface area contributed by atoms with Crippen molar-refractivity contribution in [1.82, 2.24) is 10.2 Å². The van der Waals surface area contributed by atoms with Gasteiger partial charge >= 0.3 is 0 Å². The first-order valence-corrected chi connectivity index (χ1v) is 13.5. The maximum Gasteiger partial charge on any atom is 0.261 e. The molecule has 3 aromatic carbocycles. The number of carbonyl (C=O) groups is 2. The van der Waals surface area contributed by atoms with Crippen LogP contribution in [0, 0.1) is 19.7 Å². The Morgan fingerprint density at radius 2 is 1.66 bits per heavy atom. The minimum Gasteiger partial charge on any atom is -0.483 e. The molecule has 0 spiro atoms. The summed E-state index contributed by atoms with van der Waals surface area (Å²) < 4.78 is 19.6. The van der Waals surface area contributed by atoms with Gasteiger partial charge in [0, 0.05) is 19.0 Å². The third-order valence-corrected chi connectivity index (χ3v) is 7.18. The molecule has 6 heteroatoms. The van der Waals surface area contributed by atoms with Crippen LogP contribution in [0.2, 0.25) is 0 Å². The molecule has 38 heavy (non-hydrogen) atoms. The summed E-state index contributed by atoms with van der Waals surface area (Å²) in [5.41, 5.74) is 3.68. The number of amides is 2. The van der Waals surface area contributed by atoms with Gasteiger partial charge in [-0.2, -0.15) is 0 Å². The second-order valence-corrected chi connectivity index (χ2v) is 10.3. The van der Waals surface area contributed by atoms with Crippen LogP contribution in [0.1, 0.15) is 54.4 Å². The first kappa shape index (κ1) is 27.4. The smallest absolute Gasteiger partial charge is 0.261 e. The van der Waals surface area contributed by atoms with Gasteiger partial charge < -0.3 is 15.0 Å². The minimum absolute atomic E-state index is 0.114. The predicted octanol–water partition coefficient (Wildman–Crippen LogP) is 5.91. The summed E-state index contributed by atoms with van der Waals surface area (Å²) in [5.74, 6) is -0.162. The van der Waals surface area contributed by atoms with Gasteiger partial charge in [-0.25, -0.2) is 4.39 Å². The lowest BCUT2D eigenvalue weighted by atomic mass is 9.94. The van der Waals surface area contributed by atoms with E-state index in [9.17, 15) is 14.0 Å². The Morgan fingerprint density at radius 3 is 2.37 bits per heavy atom. The largest absolute Gasteiger partial charge is 0.483 e. The molecule has 1 fully saturated rings. The number of carbonyl (C=O) groups excluding carboxylic acids is 2. The van der Waals surface area contributed by atoms with Gasteiger partial charge in [-0.1, -0.05) is 73.9 Å². The average Bonchev–Trinajstić information content (AvgIpc) is 2.93. The van der Waals surface area contributed by atoms with Gasteiger partial charge in [-0.05, 0) is 67.1 Å². The normalized spacial score (nSPS) is 14.5. The molecule has 200 valence electrons. The van der Waals surface area contributed by atoms with Gasteiger partial charge in [-0.3, -0.25) is 9.59 Å². The van der Waals surface area contributed by atoms with Crippen molar-refractivity contribution in [3.8, 4) is 5.75 Å². The van der Waals surface area contributed by atoms with Crippen LogP contribution in [-0.4, -0.2) is 35.4 Å². The Bertz CT molecular complexity index is 1210. The molecule has 1 atom stereocenters. The third-order valence-electron chi connectivity index (χ3n) is 7.18. The fraction of sp³-hybridized carbons (Fsp3) is 0.375. The first-order chi connectivity index (χ1) is 18.4. The Morgan fingerprint density at radius 1 is 0.947 bits per heavy atom. The van der Waals surface area contributed by atoms with E-state index in [1.165, 1.54) is 18.6 Å². The van der Waals surface area contributed by atoms with Gasteiger partial charge in [0.1, 0.15) is 17.6 Å². The number of rotatable bonds is 10. The van der Waals surface area contributed by atoms with E-state index in [0.29, 0.717) is 12.2 Å². The maximum atomic E-state index is 13.8. The molecular formula is C32H37FN2O3. The number of hydrogen-bond donors (Lipinski definition) is 1. The molecule has 1 N–H and O–H groups in total. The maximum absolute atomic E-state index is 13.8. The highest BCUT2D eigenvalue weighted by molar-refractivity contribution is 5.88. The van der Waals surface area contributed by atoms with Crippen LogP contribution in [-0.2, 0) is 22.6 Å². The fourth-order valence-corrected chi connectivity index (χ4v) is 4.97. The number of hydrogen-bond acceptors (Lipinski definition) is 3. The van der Waals surface area contributed by atoms with Crippen LogP contribution >= 0.6 is 0 Å². The van der Waals surface area contributed by atoms with E-state index in [1.807, 2.05) is 62.4 Å². The van der Waals surface area contributed by atoms with E-state index in [-0.39, 0.29) is 36.8 Å². The minimum atomic E-state index is -0.737. The lowest BCUT2D eigenvalue weighted by Gasteiger charge is -2.33. The van der Waals surface area contributed by atoms with Crippen LogP contribution in [0.5, 0.6) is 5.75 Å².